The van der Waals surface area contributed by atoms with Crippen LogP contribution in [0.3, 0.4) is 0 Å². The van der Waals surface area contributed by atoms with Gasteiger partial charge >= 0.3 is 5.97 Å². The highest BCUT2D eigenvalue weighted by Crippen LogP contribution is 2.20. The van der Waals surface area contributed by atoms with Crippen LogP contribution in [0.4, 0.5) is 10.1 Å². The van der Waals surface area contributed by atoms with Gasteiger partial charge in [0.1, 0.15) is 17.9 Å². The molecule has 0 saturated carbocycles. The number of esters is 1. The van der Waals surface area contributed by atoms with E-state index in [9.17, 15) is 24.1 Å². The lowest BCUT2D eigenvalue weighted by atomic mass is 10.1. The minimum atomic E-state index is -0.832. The molecule has 0 bridgehead atoms. The van der Waals surface area contributed by atoms with E-state index in [0.717, 1.165) is 23.1 Å². The summed E-state index contributed by atoms with van der Waals surface area (Å²) in [4.78, 5) is 34.6. The van der Waals surface area contributed by atoms with Gasteiger partial charge in [0, 0.05) is 13.1 Å². The van der Waals surface area contributed by atoms with E-state index in [-0.39, 0.29) is 12.6 Å². The summed E-state index contributed by atoms with van der Waals surface area (Å²) in [6, 6.07) is 2.57. The molecule has 7 nitrogen and oxygen atoms in total. The van der Waals surface area contributed by atoms with Gasteiger partial charge < -0.3 is 9.64 Å². The summed E-state index contributed by atoms with van der Waals surface area (Å²) in [5, 5.41) is 10.8. The lowest BCUT2D eigenvalue weighted by molar-refractivity contribution is -0.385. The second kappa shape index (κ2) is 6.78. The summed E-state index contributed by atoms with van der Waals surface area (Å²) in [5.74, 6) is -2.26. The molecule has 0 unspecified atom stereocenters. The molecule has 114 valence electrons. The molecule has 0 aliphatic carbocycles. The molecule has 8 heteroatoms. The van der Waals surface area contributed by atoms with Gasteiger partial charge in [-0.2, -0.15) is 0 Å². The normalized spacial score (nSPS) is 10.3. The monoisotopic (exact) mass is 298 g/mol. The van der Waals surface area contributed by atoms with Crippen molar-refractivity contribution in [1.29, 1.82) is 0 Å². The first-order valence-electron chi connectivity index (χ1n) is 6.11. The number of rotatable bonds is 5. The number of nitro benzene ring substituents is 1. The van der Waals surface area contributed by atoms with E-state index in [0.29, 0.717) is 0 Å². The molecule has 1 rings (SSSR count). The van der Waals surface area contributed by atoms with Crippen LogP contribution in [0, 0.1) is 15.9 Å². The molecule has 0 heterocycles. The van der Waals surface area contributed by atoms with Crippen molar-refractivity contribution in [3.8, 4) is 0 Å². The Morgan fingerprint density at radius 2 is 2.05 bits per heavy atom. The van der Waals surface area contributed by atoms with E-state index in [1.807, 2.05) is 0 Å². The van der Waals surface area contributed by atoms with Crippen LogP contribution in [0.2, 0.25) is 0 Å². The van der Waals surface area contributed by atoms with Crippen molar-refractivity contribution < 1.29 is 23.6 Å². The highest BCUT2D eigenvalue weighted by atomic mass is 19.1. The summed E-state index contributed by atoms with van der Waals surface area (Å²) >= 11 is 0. The Morgan fingerprint density at radius 3 is 2.57 bits per heavy atom. The molecular weight excluding hydrogens is 283 g/mol. The van der Waals surface area contributed by atoms with Crippen molar-refractivity contribution in [2.24, 2.45) is 0 Å². The Morgan fingerprint density at radius 1 is 1.43 bits per heavy atom. The second-order valence-corrected chi connectivity index (χ2v) is 4.62. The van der Waals surface area contributed by atoms with Crippen LogP contribution < -0.4 is 0 Å². The predicted octanol–water partition coefficient (Wildman–Crippen LogP) is 1.76. The largest absolute Gasteiger partial charge is 0.462 e. The smallest absolute Gasteiger partial charge is 0.325 e. The summed E-state index contributed by atoms with van der Waals surface area (Å²) < 4.78 is 18.1. The van der Waals surface area contributed by atoms with Crippen molar-refractivity contribution in [2.45, 2.75) is 20.0 Å². The minimum absolute atomic E-state index is 0.343. The lowest BCUT2D eigenvalue weighted by Crippen LogP contribution is -2.34. The fraction of sp³-hybridized carbons (Fsp3) is 0.385. The van der Waals surface area contributed by atoms with E-state index in [2.05, 4.69) is 0 Å². The van der Waals surface area contributed by atoms with E-state index >= 15 is 0 Å². The van der Waals surface area contributed by atoms with Crippen molar-refractivity contribution in [2.75, 3.05) is 13.6 Å². The Bertz CT molecular complexity index is 574. The van der Waals surface area contributed by atoms with Gasteiger partial charge in [0.15, 0.2) is 0 Å². The van der Waals surface area contributed by atoms with Crippen molar-refractivity contribution >= 4 is 17.6 Å². The van der Waals surface area contributed by atoms with Crippen molar-refractivity contribution in [1.82, 2.24) is 4.90 Å². The standard InChI is InChI=1S/C13H15FN2O5/c1-8(2)21-12(17)7-15(3)13(18)10-6-9(14)4-5-11(10)16(19)20/h4-6,8H,7H2,1-3H3. The van der Waals surface area contributed by atoms with Crippen LogP contribution in [-0.4, -0.2) is 41.4 Å². The molecule has 0 N–H and O–H groups in total. The number of ether oxygens (including phenoxy) is 1. The number of carbonyl (C=O) groups is 2. The van der Waals surface area contributed by atoms with Gasteiger partial charge in [-0.15, -0.1) is 0 Å². The molecule has 0 aliphatic heterocycles. The van der Waals surface area contributed by atoms with Crippen LogP contribution in [0.5, 0.6) is 0 Å². The third kappa shape index (κ3) is 4.51. The topological polar surface area (TPSA) is 89.8 Å². The van der Waals surface area contributed by atoms with Crippen LogP contribution in [0.15, 0.2) is 18.2 Å². The zero-order chi connectivity index (χ0) is 16.2. The van der Waals surface area contributed by atoms with Gasteiger partial charge in [-0.25, -0.2) is 4.39 Å². The highest BCUT2D eigenvalue weighted by Gasteiger charge is 2.25. The minimum Gasteiger partial charge on any atom is -0.462 e. The number of hydrogen-bond acceptors (Lipinski definition) is 5. The number of benzene rings is 1. The molecule has 1 aromatic carbocycles. The molecule has 0 radical (unpaired) electrons. The molecule has 0 aromatic heterocycles. The zero-order valence-electron chi connectivity index (χ0n) is 11.8. The van der Waals surface area contributed by atoms with E-state index < -0.39 is 33.9 Å². The van der Waals surface area contributed by atoms with Crippen LogP contribution in [0.1, 0.15) is 24.2 Å². The fourth-order valence-electron chi connectivity index (χ4n) is 1.61. The van der Waals surface area contributed by atoms with E-state index in [1.165, 1.54) is 7.05 Å². The molecule has 0 fully saturated rings. The van der Waals surface area contributed by atoms with E-state index in [4.69, 9.17) is 4.74 Å². The average molecular weight is 298 g/mol. The van der Waals surface area contributed by atoms with E-state index in [1.54, 1.807) is 13.8 Å². The van der Waals surface area contributed by atoms with Gasteiger partial charge in [0.05, 0.1) is 11.0 Å². The molecule has 1 amide bonds. The molecule has 21 heavy (non-hydrogen) atoms. The Hall–Kier alpha value is -2.51. The first-order valence-corrected chi connectivity index (χ1v) is 6.11. The highest BCUT2D eigenvalue weighted by molar-refractivity contribution is 5.99. The van der Waals surface area contributed by atoms with Gasteiger partial charge in [0.25, 0.3) is 11.6 Å². The second-order valence-electron chi connectivity index (χ2n) is 4.62. The third-order valence-electron chi connectivity index (χ3n) is 2.47. The lowest BCUT2D eigenvalue weighted by Gasteiger charge is -2.17. The summed E-state index contributed by atoms with van der Waals surface area (Å²) in [6.45, 7) is 2.92. The van der Waals surface area contributed by atoms with Gasteiger partial charge in [-0.3, -0.25) is 19.7 Å². The molecule has 0 atom stereocenters. The first kappa shape index (κ1) is 16.5. The number of nitrogens with zero attached hydrogens (tertiary/aromatic N) is 2. The number of hydrogen-bond donors (Lipinski definition) is 0. The summed E-state index contributed by atoms with van der Waals surface area (Å²) in [7, 11) is 1.28. The maximum absolute atomic E-state index is 13.2. The van der Waals surface area contributed by atoms with Crippen molar-refractivity contribution in [3.63, 3.8) is 0 Å². The Kier molecular flexibility index (Phi) is 5.34. The third-order valence-corrected chi connectivity index (χ3v) is 2.47. The molecular formula is C13H15FN2O5. The number of nitro groups is 1. The Balaban J connectivity index is 2.95. The number of likely N-dealkylation sites (N-methyl/N-ethyl adjacent to an activating group) is 1. The number of carbonyl (C=O) groups excluding carboxylic acids is 2. The molecule has 0 spiro atoms. The molecule has 0 aliphatic rings. The Labute approximate surface area is 120 Å². The SMILES string of the molecule is CC(C)OC(=O)CN(C)C(=O)c1cc(F)ccc1[N+](=O)[O-]. The number of halogens is 1. The zero-order valence-corrected chi connectivity index (χ0v) is 11.8. The first-order chi connectivity index (χ1) is 9.72. The average Bonchev–Trinajstić information content (AvgIpc) is 2.36. The fourth-order valence-corrected chi connectivity index (χ4v) is 1.61. The van der Waals surface area contributed by atoms with Crippen LogP contribution >= 0.6 is 0 Å². The maximum Gasteiger partial charge on any atom is 0.325 e. The molecule has 0 saturated heterocycles. The number of amides is 1. The van der Waals surface area contributed by atoms with Crippen molar-refractivity contribution in [3.05, 3.63) is 39.7 Å². The van der Waals surface area contributed by atoms with Gasteiger partial charge in [-0.05, 0) is 26.0 Å². The van der Waals surface area contributed by atoms with Crippen LogP contribution in [0.25, 0.3) is 0 Å². The predicted molar refractivity (Wildman–Crippen MR) is 71.2 cm³/mol. The van der Waals surface area contributed by atoms with Crippen LogP contribution in [-0.2, 0) is 9.53 Å². The quantitative estimate of drug-likeness (QED) is 0.469. The van der Waals surface area contributed by atoms with Gasteiger partial charge in [0.2, 0.25) is 0 Å². The summed E-state index contributed by atoms with van der Waals surface area (Å²) in [5.41, 5.74) is -0.940. The maximum atomic E-state index is 13.2. The summed E-state index contributed by atoms with van der Waals surface area (Å²) in [6.07, 6.45) is -0.343. The molecule has 1 aromatic rings. The van der Waals surface area contributed by atoms with Gasteiger partial charge in [-0.1, -0.05) is 0 Å².